The molecule has 2 heterocycles. The molecule has 1 aliphatic carbocycles. The largest absolute Gasteiger partial charge is 0.367 e. The fourth-order valence-electron chi connectivity index (χ4n) is 3.42. The zero-order chi connectivity index (χ0) is 13.3. The minimum Gasteiger partial charge on any atom is -0.367 e. The first kappa shape index (κ1) is 13.1. The molecule has 1 saturated carbocycles. The van der Waals surface area contributed by atoms with E-state index in [9.17, 15) is 0 Å². The summed E-state index contributed by atoms with van der Waals surface area (Å²) < 4.78 is 11.5. The molecule has 19 heavy (non-hydrogen) atoms. The number of nitrogens with zero attached hydrogens (tertiary/aromatic N) is 2. The molecule has 0 spiro atoms. The predicted molar refractivity (Wildman–Crippen MR) is 70.9 cm³/mol. The van der Waals surface area contributed by atoms with Gasteiger partial charge in [0.1, 0.15) is 5.60 Å². The Morgan fingerprint density at radius 2 is 2.21 bits per heavy atom. The Labute approximate surface area is 114 Å². The Hall–Kier alpha value is -0.940. The van der Waals surface area contributed by atoms with Gasteiger partial charge < -0.3 is 14.6 Å². The first-order valence-corrected chi connectivity index (χ1v) is 7.46. The van der Waals surface area contributed by atoms with E-state index in [1.54, 1.807) is 0 Å². The van der Waals surface area contributed by atoms with Crippen molar-refractivity contribution < 1.29 is 9.26 Å². The molecule has 2 unspecified atom stereocenters. The third kappa shape index (κ3) is 2.30. The van der Waals surface area contributed by atoms with E-state index in [1.165, 1.54) is 12.8 Å². The number of aromatic nitrogens is 2. The zero-order valence-electron chi connectivity index (χ0n) is 11.8. The van der Waals surface area contributed by atoms with Crippen LogP contribution in [-0.2, 0) is 10.3 Å². The minimum absolute atomic E-state index is 0.286. The maximum Gasteiger partial charge on any atom is 0.231 e. The summed E-state index contributed by atoms with van der Waals surface area (Å²) in [6.07, 6.45) is 5.47. The van der Waals surface area contributed by atoms with E-state index in [0.717, 1.165) is 37.5 Å². The van der Waals surface area contributed by atoms with Gasteiger partial charge in [0.25, 0.3) is 0 Å². The number of nitrogens with one attached hydrogen (secondary N) is 1. The average molecular weight is 265 g/mol. The predicted octanol–water partition coefficient (Wildman–Crippen LogP) is 2.34. The zero-order valence-corrected chi connectivity index (χ0v) is 11.8. The van der Waals surface area contributed by atoms with Crippen LogP contribution in [-0.4, -0.2) is 29.3 Å². The highest BCUT2D eigenvalue weighted by Gasteiger charge is 2.42. The summed E-state index contributed by atoms with van der Waals surface area (Å²) in [5.41, 5.74) is -0.286. The van der Waals surface area contributed by atoms with Gasteiger partial charge in [-0.05, 0) is 52.5 Å². The summed E-state index contributed by atoms with van der Waals surface area (Å²) in [6, 6.07) is 0.417. The van der Waals surface area contributed by atoms with Gasteiger partial charge in [-0.15, -0.1) is 0 Å². The Morgan fingerprint density at radius 3 is 2.84 bits per heavy atom. The summed E-state index contributed by atoms with van der Waals surface area (Å²) in [5, 5.41) is 7.65. The summed E-state index contributed by atoms with van der Waals surface area (Å²) in [5.74, 6) is 1.89. The standard InChI is InChI=1S/C14H23N3O2/c1-3-18-14(7-4-5-8-14)13-16-12(19-17-13)11-6-9-15-10(11)2/h10-11,15H,3-9H2,1-2H3. The van der Waals surface area contributed by atoms with Crippen molar-refractivity contribution in [1.82, 2.24) is 15.5 Å². The van der Waals surface area contributed by atoms with Gasteiger partial charge >= 0.3 is 0 Å². The molecule has 1 aromatic rings. The van der Waals surface area contributed by atoms with E-state index in [2.05, 4.69) is 22.4 Å². The quantitative estimate of drug-likeness (QED) is 0.905. The van der Waals surface area contributed by atoms with Gasteiger partial charge in [0.2, 0.25) is 11.7 Å². The van der Waals surface area contributed by atoms with Crippen molar-refractivity contribution in [2.24, 2.45) is 0 Å². The van der Waals surface area contributed by atoms with Gasteiger partial charge in [-0.25, -0.2) is 0 Å². The van der Waals surface area contributed by atoms with Crippen LogP contribution in [0.15, 0.2) is 4.52 Å². The van der Waals surface area contributed by atoms with Gasteiger partial charge in [0.05, 0.1) is 5.92 Å². The molecular formula is C14H23N3O2. The molecule has 2 atom stereocenters. The summed E-state index contributed by atoms with van der Waals surface area (Å²) in [6.45, 7) is 5.94. The number of ether oxygens (including phenoxy) is 1. The second kappa shape index (κ2) is 5.21. The number of hydrogen-bond donors (Lipinski definition) is 1. The van der Waals surface area contributed by atoms with Crippen LogP contribution in [0.4, 0.5) is 0 Å². The van der Waals surface area contributed by atoms with Crippen molar-refractivity contribution >= 4 is 0 Å². The molecule has 5 heteroatoms. The molecule has 106 valence electrons. The third-order valence-electron chi connectivity index (χ3n) is 4.52. The number of hydrogen-bond acceptors (Lipinski definition) is 5. The molecule has 5 nitrogen and oxygen atoms in total. The van der Waals surface area contributed by atoms with Crippen molar-refractivity contribution in [2.45, 2.75) is 63.5 Å². The normalized spacial score (nSPS) is 30.0. The van der Waals surface area contributed by atoms with Crippen LogP contribution >= 0.6 is 0 Å². The molecule has 0 radical (unpaired) electrons. The Kier molecular flexibility index (Phi) is 3.58. The van der Waals surface area contributed by atoms with E-state index in [4.69, 9.17) is 9.26 Å². The van der Waals surface area contributed by atoms with Crippen molar-refractivity contribution in [3.05, 3.63) is 11.7 Å². The molecule has 0 amide bonds. The van der Waals surface area contributed by atoms with Crippen molar-refractivity contribution in [1.29, 1.82) is 0 Å². The molecule has 1 saturated heterocycles. The monoisotopic (exact) mass is 265 g/mol. The molecule has 2 fully saturated rings. The second-order valence-electron chi connectivity index (χ2n) is 5.73. The van der Waals surface area contributed by atoms with Crippen molar-refractivity contribution in [2.75, 3.05) is 13.2 Å². The highest BCUT2D eigenvalue weighted by molar-refractivity contribution is 5.08. The van der Waals surface area contributed by atoms with Crippen molar-refractivity contribution in [3.63, 3.8) is 0 Å². The second-order valence-corrected chi connectivity index (χ2v) is 5.73. The van der Waals surface area contributed by atoms with Crippen LogP contribution in [0.2, 0.25) is 0 Å². The highest BCUT2D eigenvalue weighted by atomic mass is 16.5. The van der Waals surface area contributed by atoms with Gasteiger partial charge in [-0.1, -0.05) is 5.16 Å². The Bertz CT molecular complexity index is 426. The molecule has 2 aliphatic rings. The first-order valence-electron chi connectivity index (χ1n) is 7.46. The average Bonchev–Trinajstić information content (AvgIpc) is 3.08. The van der Waals surface area contributed by atoms with Crippen molar-refractivity contribution in [3.8, 4) is 0 Å². The van der Waals surface area contributed by atoms with Crippen LogP contribution < -0.4 is 5.32 Å². The van der Waals surface area contributed by atoms with Crippen LogP contribution in [0.5, 0.6) is 0 Å². The van der Waals surface area contributed by atoms with E-state index in [0.29, 0.717) is 18.6 Å². The molecule has 0 aromatic carbocycles. The number of rotatable bonds is 4. The lowest BCUT2D eigenvalue weighted by atomic mass is 10.00. The fourth-order valence-corrected chi connectivity index (χ4v) is 3.42. The van der Waals surface area contributed by atoms with E-state index >= 15 is 0 Å². The van der Waals surface area contributed by atoms with Crippen LogP contribution in [0.25, 0.3) is 0 Å². The first-order chi connectivity index (χ1) is 9.25. The maximum atomic E-state index is 5.98. The lowest BCUT2D eigenvalue weighted by Crippen LogP contribution is -2.28. The SMILES string of the molecule is CCOC1(c2noc(C3CCNC3C)n2)CCCC1. The van der Waals surface area contributed by atoms with Crippen LogP contribution in [0.1, 0.15) is 63.6 Å². The van der Waals surface area contributed by atoms with Gasteiger partial charge in [0.15, 0.2) is 0 Å². The fraction of sp³-hybridized carbons (Fsp3) is 0.857. The summed E-state index contributed by atoms with van der Waals surface area (Å²) in [4.78, 5) is 4.67. The summed E-state index contributed by atoms with van der Waals surface area (Å²) >= 11 is 0. The molecule has 1 aliphatic heterocycles. The van der Waals surface area contributed by atoms with E-state index in [-0.39, 0.29) is 5.60 Å². The highest BCUT2D eigenvalue weighted by Crippen LogP contribution is 2.41. The minimum atomic E-state index is -0.286. The van der Waals surface area contributed by atoms with Gasteiger partial charge in [-0.2, -0.15) is 4.98 Å². The molecule has 0 bridgehead atoms. The van der Waals surface area contributed by atoms with E-state index in [1.807, 2.05) is 6.92 Å². The third-order valence-corrected chi connectivity index (χ3v) is 4.52. The Balaban J connectivity index is 1.83. The van der Waals surface area contributed by atoms with Gasteiger partial charge in [-0.3, -0.25) is 0 Å². The molecule has 3 rings (SSSR count). The van der Waals surface area contributed by atoms with Gasteiger partial charge in [0, 0.05) is 12.6 Å². The van der Waals surface area contributed by atoms with Crippen LogP contribution in [0.3, 0.4) is 0 Å². The lowest BCUT2D eigenvalue weighted by molar-refractivity contribution is -0.0469. The molecule has 1 N–H and O–H groups in total. The molecular weight excluding hydrogens is 242 g/mol. The summed E-state index contributed by atoms with van der Waals surface area (Å²) in [7, 11) is 0. The lowest BCUT2D eigenvalue weighted by Gasteiger charge is -2.24. The molecule has 1 aromatic heterocycles. The smallest absolute Gasteiger partial charge is 0.231 e. The Morgan fingerprint density at radius 1 is 1.42 bits per heavy atom. The topological polar surface area (TPSA) is 60.2 Å². The van der Waals surface area contributed by atoms with E-state index < -0.39 is 0 Å². The maximum absolute atomic E-state index is 5.98. The van der Waals surface area contributed by atoms with Crippen LogP contribution in [0, 0.1) is 0 Å².